The molecule has 0 saturated heterocycles. The first-order valence-electron chi connectivity index (χ1n) is 10.4. The zero-order chi connectivity index (χ0) is 21.6. The van der Waals surface area contributed by atoms with Gasteiger partial charge in [0.25, 0.3) is 0 Å². The highest BCUT2D eigenvalue weighted by atomic mass is 16.6. The van der Waals surface area contributed by atoms with Crippen molar-refractivity contribution in [3.8, 4) is 0 Å². The van der Waals surface area contributed by atoms with Crippen LogP contribution in [0.15, 0.2) is 60.7 Å². The molecule has 0 aliphatic rings. The van der Waals surface area contributed by atoms with E-state index in [2.05, 4.69) is 0 Å². The number of aliphatic hydroxyl groups is 2. The number of ether oxygens (including phenoxy) is 4. The van der Waals surface area contributed by atoms with Crippen molar-refractivity contribution in [3.63, 3.8) is 0 Å². The van der Waals surface area contributed by atoms with Crippen molar-refractivity contribution in [1.82, 2.24) is 0 Å². The smallest absolute Gasteiger partial charge is 0.106 e. The summed E-state index contributed by atoms with van der Waals surface area (Å²) in [5.74, 6) is 0. The molecule has 6 nitrogen and oxygen atoms in total. The fraction of sp³-hybridized carbons (Fsp3) is 0.500. The van der Waals surface area contributed by atoms with Crippen molar-refractivity contribution in [2.24, 2.45) is 0 Å². The molecule has 166 valence electrons. The van der Waals surface area contributed by atoms with Crippen molar-refractivity contribution in [2.45, 2.75) is 38.3 Å². The maximum Gasteiger partial charge on any atom is 0.106 e. The minimum atomic E-state index is -0.531. The van der Waals surface area contributed by atoms with E-state index in [1.54, 1.807) is 13.8 Å². The summed E-state index contributed by atoms with van der Waals surface area (Å²) in [6.07, 6.45) is -1.55. The average molecular weight is 419 g/mol. The fourth-order valence-electron chi connectivity index (χ4n) is 2.83. The zero-order valence-electron chi connectivity index (χ0n) is 17.9. The van der Waals surface area contributed by atoms with Gasteiger partial charge in [-0.3, -0.25) is 0 Å². The molecule has 6 heteroatoms. The van der Waals surface area contributed by atoms with Gasteiger partial charge in [0.2, 0.25) is 0 Å². The second-order valence-electron chi connectivity index (χ2n) is 7.31. The molecule has 2 aromatic carbocycles. The maximum atomic E-state index is 9.50. The summed E-state index contributed by atoms with van der Waals surface area (Å²) in [7, 11) is 0. The van der Waals surface area contributed by atoms with Crippen molar-refractivity contribution >= 4 is 0 Å². The summed E-state index contributed by atoms with van der Waals surface area (Å²) >= 11 is 0. The second kappa shape index (κ2) is 14.2. The Balaban J connectivity index is 1.74. The first-order valence-corrected chi connectivity index (χ1v) is 10.4. The summed E-state index contributed by atoms with van der Waals surface area (Å²) < 4.78 is 23.1. The molecule has 0 saturated carbocycles. The van der Waals surface area contributed by atoms with Crippen LogP contribution in [-0.2, 0) is 18.9 Å². The highest BCUT2D eigenvalue weighted by Gasteiger charge is 2.15. The lowest BCUT2D eigenvalue weighted by atomic mass is 10.1. The van der Waals surface area contributed by atoms with E-state index in [0.29, 0.717) is 26.4 Å². The molecular formula is C24H34O6. The van der Waals surface area contributed by atoms with Gasteiger partial charge in [-0.25, -0.2) is 0 Å². The van der Waals surface area contributed by atoms with Gasteiger partial charge in [0.15, 0.2) is 0 Å². The minimum absolute atomic E-state index is 0.243. The van der Waals surface area contributed by atoms with E-state index in [-0.39, 0.29) is 25.4 Å². The van der Waals surface area contributed by atoms with Crippen molar-refractivity contribution in [1.29, 1.82) is 0 Å². The Kier molecular flexibility index (Phi) is 11.6. The van der Waals surface area contributed by atoms with E-state index in [1.165, 1.54) is 0 Å². The molecule has 0 amide bonds. The molecule has 4 unspecified atom stereocenters. The van der Waals surface area contributed by atoms with E-state index in [1.807, 2.05) is 60.7 Å². The third-order valence-corrected chi connectivity index (χ3v) is 4.33. The SMILES string of the molecule is CC(O)COC(COCCOCC(OCC(C)O)c1ccccc1)c1ccccc1. The van der Waals surface area contributed by atoms with Gasteiger partial charge in [0.05, 0.1) is 51.8 Å². The number of hydrogen-bond donors (Lipinski definition) is 2. The van der Waals surface area contributed by atoms with E-state index < -0.39 is 12.2 Å². The molecule has 0 aliphatic carbocycles. The number of benzene rings is 2. The quantitative estimate of drug-likeness (QED) is 0.432. The van der Waals surface area contributed by atoms with Crippen LogP contribution in [0.25, 0.3) is 0 Å². The van der Waals surface area contributed by atoms with Gasteiger partial charge in [0.1, 0.15) is 12.2 Å². The summed E-state index contributed by atoms with van der Waals surface area (Å²) in [5.41, 5.74) is 2.02. The van der Waals surface area contributed by atoms with Gasteiger partial charge in [-0.2, -0.15) is 0 Å². The predicted octanol–water partition coefficient (Wildman–Crippen LogP) is 3.30. The van der Waals surface area contributed by atoms with Gasteiger partial charge < -0.3 is 29.2 Å². The normalized spacial score (nSPS) is 15.5. The molecule has 2 N–H and O–H groups in total. The molecule has 4 atom stereocenters. The Morgan fingerprint density at radius 1 is 0.600 bits per heavy atom. The summed E-state index contributed by atoms with van der Waals surface area (Å²) in [5, 5.41) is 19.0. The molecule has 0 radical (unpaired) electrons. The number of hydrogen-bond acceptors (Lipinski definition) is 6. The highest BCUT2D eigenvalue weighted by Crippen LogP contribution is 2.19. The maximum absolute atomic E-state index is 9.50. The van der Waals surface area contributed by atoms with Crippen LogP contribution < -0.4 is 0 Å². The molecule has 2 rings (SSSR count). The monoisotopic (exact) mass is 418 g/mol. The first-order chi connectivity index (χ1) is 14.6. The van der Waals surface area contributed by atoms with Crippen LogP contribution in [0.4, 0.5) is 0 Å². The van der Waals surface area contributed by atoms with E-state index in [0.717, 1.165) is 11.1 Å². The highest BCUT2D eigenvalue weighted by molar-refractivity contribution is 5.18. The Labute approximate surface area is 179 Å². The van der Waals surface area contributed by atoms with Crippen LogP contribution >= 0.6 is 0 Å². The molecule has 0 fully saturated rings. The van der Waals surface area contributed by atoms with E-state index >= 15 is 0 Å². The summed E-state index contributed by atoms with van der Waals surface area (Å²) in [6, 6.07) is 19.6. The molecule has 0 aromatic heterocycles. The number of aliphatic hydroxyl groups excluding tert-OH is 2. The standard InChI is InChI=1S/C24H34O6/c1-19(25)15-29-23(21-9-5-3-6-10-21)17-27-13-14-28-18-24(30-16-20(2)26)22-11-7-4-8-12-22/h3-12,19-20,23-26H,13-18H2,1-2H3. The molecule has 2 aromatic rings. The Hall–Kier alpha value is -1.80. The van der Waals surface area contributed by atoms with Crippen LogP contribution in [-0.4, -0.2) is 62.1 Å². The lowest BCUT2D eigenvalue weighted by Crippen LogP contribution is -2.21. The van der Waals surface area contributed by atoms with Crippen LogP contribution in [0.5, 0.6) is 0 Å². The fourth-order valence-corrected chi connectivity index (χ4v) is 2.83. The van der Waals surface area contributed by atoms with Gasteiger partial charge in [0, 0.05) is 0 Å². The lowest BCUT2D eigenvalue weighted by molar-refractivity contribution is -0.0710. The van der Waals surface area contributed by atoms with Crippen LogP contribution in [0, 0.1) is 0 Å². The first kappa shape index (κ1) is 24.5. The van der Waals surface area contributed by atoms with Crippen LogP contribution in [0.2, 0.25) is 0 Å². The minimum Gasteiger partial charge on any atom is -0.391 e. The Morgan fingerprint density at radius 2 is 0.967 bits per heavy atom. The summed E-state index contributed by atoms with van der Waals surface area (Å²) in [4.78, 5) is 0. The average Bonchev–Trinajstić information content (AvgIpc) is 2.75. The number of rotatable bonds is 15. The van der Waals surface area contributed by atoms with Gasteiger partial charge >= 0.3 is 0 Å². The molecule has 0 aliphatic heterocycles. The third-order valence-electron chi connectivity index (χ3n) is 4.33. The van der Waals surface area contributed by atoms with E-state index in [9.17, 15) is 10.2 Å². The van der Waals surface area contributed by atoms with Crippen LogP contribution in [0.1, 0.15) is 37.2 Å². The van der Waals surface area contributed by atoms with Gasteiger partial charge in [-0.15, -0.1) is 0 Å². The zero-order valence-corrected chi connectivity index (χ0v) is 17.9. The molecule has 30 heavy (non-hydrogen) atoms. The molecule has 0 bridgehead atoms. The van der Waals surface area contributed by atoms with Crippen molar-refractivity contribution in [3.05, 3.63) is 71.8 Å². The van der Waals surface area contributed by atoms with Gasteiger partial charge in [-0.1, -0.05) is 60.7 Å². The largest absolute Gasteiger partial charge is 0.391 e. The Morgan fingerprint density at radius 3 is 1.30 bits per heavy atom. The van der Waals surface area contributed by atoms with Crippen LogP contribution in [0.3, 0.4) is 0 Å². The third kappa shape index (κ3) is 9.80. The van der Waals surface area contributed by atoms with Crippen molar-refractivity contribution in [2.75, 3.05) is 39.6 Å². The van der Waals surface area contributed by atoms with Gasteiger partial charge in [-0.05, 0) is 25.0 Å². The molecule has 0 spiro atoms. The predicted molar refractivity (Wildman–Crippen MR) is 115 cm³/mol. The topological polar surface area (TPSA) is 77.4 Å². The Bertz CT molecular complexity index is 602. The summed E-state index contributed by atoms with van der Waals surface area (Å²) in [6.45, 7) is 5.47. The lowest BCUT2D eigenvalue weighted by Gasteiger charge is -2.21. The van der Waals surface area contributed by atoms with Crippen molar-refractivity contribution < 1.29 is 29.2 Å². The second-order valence-corrected chi connectivity index (χ2v) is 7.31. The van der Waals surface area contributed by atoms with E-state index in [4.69, 9.17) is 18.9 Å². The molecular weight excluding hydrogens is 384 g/mol. The molecule has 0 heterocycles.